The maximum absolute atomic E-state index is 5.76. The molecule has 1 aliphatic rings. The van der Waals surface area contributed by atoms with Crippen LogP contribution in [-0.4, -0.2) is 34.7 Å². The summed E-state index contributed by atoms with van der Waals surface area (Å²) in [5, 5.41) is 11.6. The molecule has 1 aromatic carbocycles. The van der Waals surface area contributed by atoms with Gasteiger partial charge in [0, 0.05) is 19.0 Å². The first-order chi connectivity index (χ1) is 15.4. The molecular weight excluding hydrogens is 396 g/mol. The summed E-state index contributed by atoms with van der Waals surface area (Å²) in [4.78, 5) is 0. The van der Waals surface area contributed by atoms with Crippen molar-refractivity contribution in [2.45, 2.75) is 73.9 Å². The Morgan fingerprint density at radius 2 is 1.78 bits per heavy atom. The molecule has 0 amide bonds. The number of hydrogen-bond acceptors (Lipinski definition) is 4. The Kier molecular flexibility index (Phi) is 13.3. The van der Waals surface area contributed by atoms with Gasteiger partial charge in [0.2, 0.25) is 0 Å². The summed E-state index contributed by atoms with van der Waals surface area (Å²) in [7, 11) is 1.95. The van der Waals surface area contributed by atoms with E-state index in [4.69, 9.17) is 4.74 Å². The first-order valence-corrected chi connectivity index (χ1v) is 12.0. The fourth-order valence-electron chi connectivity index (χ4n) is 2.91. The molecule has 2 aromatic rings. The Labute approximate surface area is 196 Å². The number of aromatic nitrogens is 3. The summed E-state index contributed by atoms with van der Waals surface area (Å²) in [6.45, 7) is 16.3. The van der Waals surface area contributed by atoms with Crippen LogP contribution in [0, 0.1) is 18.8 Å². The lowest BCUT2D eigenvalue weighted by Crippen LogP contribution is -2.15. The van der Waals surface area contributed by atoms with Gasteiger partial charge in [0.05, 0.1) is 12.8 Å². The molecule has 3 rings (SSSR count). The fraction of sp³-hybridized carbons (Fsp3) is 0.556. The number of rotatable bonds is 8. The van der Waals surface area contributed by atoms with E-state index in [-0.39, 0.29) is 0 Å². The molecule has 32 heavy (non-hydrogen) atoms. The van der Waals surface area contributed by atoms with Crippen molar-refractivity contribution in [1.29, 1.82) is 0 Å². The first kappa shape index (κ1) is 27.6. The molecule has 0 aliphatic heterocycles. The van der Waals surface area contributed by atoms with Crippen LogP contribution in [0.1, 0.15) is 65.6 Å². The molecule has 1 heterocycles. The maximum atomic E-state index is 5.76. The summed E-state index contributed by atoms with van der Waals surface area (Å²) < 4.78 is 7.66. The van der Waals surface area contributed by atoms with Crippen molar-refractivity contribution in [1.82, 2.24) is 20.3 Å². The third-order valence-corrected chi connectivity index (χ3v) is 5.22. The summed E-state index contributed by atoms with van der Waals surface area (Å²) in [6.07, 6.45) is 10.8. The number of hydrogen-bond donors (Lipinski definition) is 1. The minimum Gasteiger partial charge on any atom is -0.494 e. The highest BCUT2D eigenvalue weighted by Crippen LogP contribution is 2.27. The Balaban J connectivity index is 0.000000646. The van der Waals surface area contributed by atoms with Gasteiger partial charge in [0.25, 0.3) is 0 Å². The van der Waals surface area contributed by atoms with Crippen molar-refractivity contribution >= 4 is 5.57 Å². The molecule has 5 nitrogen and oxygen atoms in total. The normalized spacial score (nSPS) is 14.9. The van der Waals surface area contributed by atoms with Gasteiger partial charge in [0.15, 0.2) is 0 Å². The van der Waals surface area contributed by atoms with Crippen molar-refractivity contribution in [3.8, 4) is 5.75 Å². The lowest BCUT2D eigenvalue weighted by Gasteiger charge is -2.18. The first-order valence-electron chi connectivity index (χ1n) is 12.0. The molecule has 5 heteroatoms. The molecule has 1 aromatic heterocycles. The van der Waals surface area contributed by atoms with Gasteiger partial charge in [-0.1, -0.05) is 82.7 Å². The van der Waals surface area contributed by atoms with E-state index in [9.17, 15) is 0 Å². The van der Waals surface area contributed by atoms with Crippen LogP contribution in [0.5, 0.6) is 5.75 Å². The molecule has 0 spiro atoms. The van der Waals surface area contributed by atoms with Crippen LogP contribution in [-0.2, 0) is 6.54 Å². The Morgan fingerprint density at radius 1 is 1.12 bits per heavy atom. The fourth-order valence-corrected chi connectivity index (χ4v) is 2.91. The van der Waals surface area contributed by atoms with E-state index in [2.05, 4.69) is 80.6 Å². The molecule has 0 radical (unpaired) electrons. The van der Waals surface area contributed by atoms with Gasteiger partial charge in [-0.15, -0.1) is 5.10 Å². The average Bonchev–Trinajstić information content (AvgIpc) is 3.28. The smallest absolute Gasteiger partial charge is 0.119 e. The topological polar surface area (TPSA) is 52.0 Å². The van der Waals surface area contributed by atoms with Gasteiger partial charge in [0.1, 0.15) is 11.4 Å². The number of ether oxygens (including phenoxy) is 1. The van der Waals surface area contributed by atoms with E-state index in [1.54, 1.807) is 0 Å². The van der Waals surface area contributed by atoms with E-state index in [0.29, 0.717) is 24.5 Å². The van der Waals surface area contributed by atoms with Crippen LogP contribution in [0.4, 0.5) is 0 Å². The highest BCUT2D eigenvalue weighted by Gasteiger charge is 2.14. The van der Waals surface area contributed by atoms with Crippen LogP contribution in [0.25, 0.3) is 5.57 Å². The quantitative estimate of drug-likeness (QED) is 0.489. The van der Waals surface area contributed by atoms with E-state index in [0.717, 1.165) is 30.8 Å². The second-order valence-corrected chi connectivity index (χ2v) is 8.49. The van der Waals surface area contributed by atoms with Crippen molar-refractivity contribution < 1.29 is 4.74 Å². The lowest BCUT2D eigenvalue weighted by molar-refractivity contribution is 0.298. The minimum absolute atomic E-state index is 0.634. The SMILES string of the molecule is CC.CNC(C)C.Cc1ccc(OCCCn2cc(C3=CCC(C(C)C)C=C3)nn2)cc1. The highest BCUT2D eigenvalue weighted by molar-refractivity contribution is 5.72. The van der Waals surface area contributed by atoms with Gasteiger partial charge in [-0.05, 0) is 49.9 Å². The molecule has 1 unspecified atom stereocenters. The van der Waals surface area contributed by atoms with E-state index >= 15 is 0 Å². The Bertz CT molecular complexity index is 803. The minimum atomic E-state index is 0.634. The third-order valence-electron chi connectivity index (χ3n) is 5.22. The molecular formula is C27H44N4O. The van der Waals surface area contributed by atoms with Gasteiger partial charge in [-0.2, -0.15) is 0 Å². The van der Waals surface area contributed by atoms with E-state index in [1.165, 1.54) is 11.1 Å². The van der Waals surface area contributed by atoms with Crippen LogP contribution in [0.15, 0.2) is 48.7 Å². The molecule has 0 bridgehead atoms. The van der Waals surface area contributed by atoms with Crippen LogP contribution < -0.4 is 10.1 Å². The van der Waals surface area contributed by atoms with E-state index < -0.39 is 0 Å². The monoisotopic (exact) mass is 440 g/mol. The number of benzene rings is 1. The van der Waals surface area contributed by atoms with Crippen molar-refractivity contribution in [2.24, 2.45) is 11.8 Å². The van der Waals surface area contributed by atoms with Crippen molar-refractivity contribution in [2.75, 3.05) is 13.7 Å². The van der Waals surface area contributed by atoms with Gasteiger partial charge in [-0.25, -0.2) is 0 Å². The van der Waals surface area contributed by atoms with Crippen LogP contribution in [0.3, 0.4) is 0 Å². The largest absolute Gasteiger partial charge is 0.494 e. The zero-order valence-corrected chi connectivity index (χ0v) is 21.4. The maximum Gasteiger partial charge on any atom is 0.119 e. The van der Waals surface area contributed by atoms with E-state index in [1.807, 2.05) is 43.9 Å². The standard InChI is InChI=1S/C21H27N3O.C4H11N.C2H6/c1-16(2)18-7-9-19(10-8-18)21-15-24(23-22-21)13-4-14-25-20-11-5-17(3)6-12-20;1-4(2)5-3;1-2/h5-7,9-12,15-16,18H,4,8,13-14H2,1-3H3;4-5H,1-3H3;1-2H3. The molecule has 0 saturated carbocycles. The number of aryl methyl sites for hydroxylation is 2. The summed E-state index contributed by atoms with van der Waals surface area (Å²) in [5.74, 6) is 2.23. The van der Waals surface area contributed by atoms with Gasteiger partial charge >= 0.3 is 0 Å². The average molecular weight is 441 g/mol. The van der Waals surface area contributed by atoms with Crippen LogP contribution in [0.2, 0.25) is 0 Å². The predicted octanol–water partition coefficient (Wildman–Crippen LogP) is 6.31. The number of nitrogens with zero attached hydrogens (tertiary/aromatic N) is 3. The van der Waals surface area contributed by atoms with Gasteiger partial charge in [-0.3, -0.25) is 4.68 Å². The second kappa shape index (κ2) is 15.4. The third kappa shape index (κ3) is 10.3. The summed E-state index contributed by atoms with van der Waals surface area (Å²) >= 11 is 0. The Morgan fingerprint density at radius 3 is 2.31 bits per heavy atom. The molecule has 178 valence electrons. The highest BCUT2D eigenvalue weighted by atomic mass is 16.5. The zero-order valence-electron chi connectivity index (χ0n) is 21.4. The molecule has 1 aliphatic carbocycles. The number of allylic oxidation sites excluding steroid dienone is 4. The Hall–Kier alpha value is -2.40. The molecule has 0 saturated heterocycles. The van der Waals surface area contributed by atoms with Crippen LogP contribution >= 0.6 is 0 Å². The van der Waals surface area contributed by atoms with Crippen molar-refractivity contribution in [3.63, 3.8) is 0 Å². The second-order valence-electron chi connectivity index (χ2n) is 8.49. The molecule has 0 fully saturated rings. The molecule has 1 atom stereocenters. The van der Waals surface area contributed by atoms with Gasteiger partial charge < -0.3 is 10.1 Å². The predicted molar refractivity (Wildman–Crippen MR) is 137 cm³/mol. The lowest BCUT2D eigenvalue weighted by atomic mass is 9.87. The number of nitrogens with one attached hydrogen (secondary N) is 1. The summed E-state index contributed by atoms with van der Waals surface area (Å²) in [5.41, 5.74) is 3.38. The zero-order chi connectivity index (χ0) is 23.9. The van der Waals surface area contributed by atoms with Crippen molar-refractivity contribution in [3.05, 3.63) is 59.9 Å². The molecule has 1 N–H and O–H groups in total. The summed E-state index contributed by atoms with van der Waals surface area (Å²) in [6, 6.07) is 8.78.